The summed E-state index contributed by atoms with van der Waals surface area (Å²) in [5.41, 5.74) is 3.79. The minimum Gasteiger partial charge on any atom is -0.392 e. The summed E-state index contributed by atoms with van der Waals surface area (Å²) < 4.78 is 32.0. The highest BCUT2D eigenvalue weighted by Crippen LogP contribution is 2.28. The van der Waals surface area contributed by atoms with Gasteiger partial charge in [-0.2, -0.15) is 0 Å². The van der Waals surface area contributed by atoms with E-state index in [1.54, 1.807) is 48.7 Å². The third-order valence-corrected chi connectivity index (χ3v) is 7.94. The number of amides is 2. The number of halogens is 2. The quantitative estimate of drug-likeness (QED) is 0.193. The molecule has 3 aromatic rings. The molecular weight excluding hydrogens is 606 g/mol. The smallest absolute Gasteiger partial charge is 0.325 e. The number of aliphatic hydroxyl groups is 1. The Hall–Kier alpha value is -4.39. The highest BCUT2D eigenvalue weighted by atomic mass is 19.3. The fraction of sp³-hybridized carbons (Fsp3) is 0.400. The summed E-state index contributed by atoms with van der Waals surface area (Å²) in [5.74, 6) is 0.437. The van der Waals surface area contributed by atoms with Crippen molar-refractivity contribution in [3.05, 3.63) is 89.5 Å². The molecule has 3 heterocycles. The van der Waals surface area contributed by atoms with Gasteiger partial charge in [-0.15, -0.1) is 0 Å². The first-order valence-corrected chi connectivity index (χ1v) is 15.8. The second kappa shape index (κ2) is 17.5. The lowest BCUT2D eigenvalue weighted by Gasteiger charge is -2.32. The molecule has 2 amide bonds. The van der Waals surface area contributed by atoms with Crippen molar-refractivity contribution in [2.45, 2.75) is 45.1 Å². The first kappa shape index (κ1) is 35.5. The van der Waals surface area contributed by atoms with E-state index in [0.29, 0.717) is 35.2 Å². The minimum absolute atomic E-state index is 0.0333. The van der Waals surface area contributed by atoms with Gasteiger partial charge in [-0.05, 0) is 87.7 Å². The molecule has 1 aliphatic heterocycles. The zero-order valence-electron chi connectivity index (χ0n) is 27.1. The van der Waals surface area contributed by atoms with Crippen LogP contribution in [0.3, 0.4) is 0 Å². The van der Waals surface area contributed by atoms with Gasteiger partial charge in [0.15, 0.2) is 0 Å². The Morgan fingerprint density at radius 2 is 1.89 bits per heavy atom. The number of benzene rings is 1. The number of hydrogen-bond donors (Lipinski definition) is 3. The van der Waals surface area contributed by atoms with Crippen molar-refractivity contribution in [2.75, 3.05) is 56.7 Å². The van der Waals surface area contributed by atoms with Crippen LogP contribution < -0.4 is 15.5 Å². The van der Waals surface area contributed by atoms with Gasteiger partial charge in [0.2, 0.25) is 0 Å². The maximum atomic E-state index is 13.2. The zero-order chi connectivity index (χ0) is 33.8. The van der Waals surface area contributed by atoms with Crippen LogP contribution in [0.15, 0.2) is 67.1 Å². The molecule has 0 bridgehead atoms. The average molecular weight is 651 g/mol. The highest BCUT2D eigenvalue weighted by Gasteiger charge is 2.22. The monoisotopic (exact) mass is 650 g/mol. The topological polar surface area (TPSA) is 112 Å². The number of carbonyl (C=O) groups excluding carboxylic acids is 2. The van der Waals surface area contributed by atoms with E-state index in [9.17, 15) is 23.5 Å². The van der Waals surface area contributed by atoms with Gasteiger partial charge in [0.05, 0.1) is 18.4 Å². The number of allylic oxidation sites excluding steroid dienone is 1. The van der Waals surface area contributed by atoms with E-state index in [-0.39, 0.29) is 31.2 Å². The molecule has 47 heavy (non-hydrogen) atoms. The van der Waals surface area contributed by atoms with Crippen molar-refractivity contribution in [2.24, 2.45) is 0 Å². The van der Waals surface area contributed by atoms with Crippen LogP contribution in [0.4, 0.5) is 25.1 Å². The molecule has 1 saturated heterocycles. The van der Waals surface area contributed by atoms with E-state index in [1.165, 1.54) is 10.1 Å². The molecule has 3 N–H and O–H groups in total. The fourth-order valence-electron chi connectivity index (χ4n) is 5.61. The number of alkyl halides is 2. The number of piperidine rings is 1. The molecule has 1 fully saturated rings. The Morgan fingerprint density at radius 1 is 1.15 bits per heavy atom. The van der Waals surface area contributed by atoms with E-state index < -0.39 is 13.0 Å². The molecule has 1 aromatic carbocycles. The van der Waals surface area contributed by atoms with Crippen LogP contribution in [0, 0.1) is 0 Å². The average Bonchev–Trinajstić information content (AvgIpc) is 3.46. The molecule has 10 nitrogen and oxygen atoms in total. The Bertz CT molecular complexity index is 1510. The molecule has 0 radical (unpaired) electrons. The SMILES string of the molecule is C/C=C\c1c(/C=C/N(CCOCC(F)F)c2ccnc(NC(=O)c3ccc(C4CCN(CC(C)O)CC4)cc3)c2)ccn1C(=O)NC. The van der Waals surface area contributed by atoms with E-state index in [4.69, 9.17) is 4.74 Å². The zero-order valence-corrected chi connectivity index (χ0v) is 27.1. The molecule has 2 aromatic heterocycles. The van der Waals surface area contributed by atoms with Gasteiger partial charge in [-0.25, -0.2) is 18.6 Å². The summed E-state index contributed by atoms with van der Waals surface area (Å²) in [6.07, 6.45) is 9.57. The summed E-state index contributed by atoms with van der Waals surface area (Å²) in [5, 5.41) is 15.1. The Morgan fingerprint density at radius 3 is 2.55 bits per heavy atom. The summed E-state index contributed by atoms with van der Waals surface area (Å²) in [6.45, 7) is 5.83. The molecule has 1 atom stereocenters. The van der Waals surface area contributed by atoms with Gasteiger partial charge in [0.25, 0.3) is 12.3 Å². The van der Waals surface area contributed by atoms with Gasteiger partial charge < -0.3 is 30.3 Å². The van der Waals surface area contributed by atoms with Crippen molar-refractivity contribution < 1.29 is 28.2 Å². The second-order valence-electron chi connectivity index (χ2n) is 11.5. The Labute approximate surface area is 274 Å². The van der Waals surface area contributed by atoms with Crippen LogP contribution in [0.25, 0.3) is 12.2 Å². The summed E-state index contributed by atoms with van der Waals surface area (Å²) in [6, 6.07) is 12.6. The van der Waals surface area contributed by atoms with Crippen molar-refractivity contribution in [3.63, 3.8) is 0 Å². The predicted molar refractivity (Wildman–Crippen MR) is 181 cm³/mol. The number of β-amino-alcohol motifs (C(OH)–C–C–N with tert-alkyl or cyclic N) is 1. The lowest BCUT2D eigenvalue weighted by molar-refractivity contribution is 0.0205. The second-order valence-corrected chi connectivity index (χ2v) is 11.5. The number of aliphatic hydroxyl groups excluding tert-OH is 1. The predicted octanol–water partition coefficient (Wildman–Crippen LogP) is 5.68. The number of hydrogen-bond acceptors (Lipinski definition) is 7. The van der Waals surface area contributed by atoms with Crippen LogP contribution in [0.5, 0.6) is 0 Å². The summed E-state index contributed by atoms with van der Waals surface area (Å²) in [7, 11) is 1.55. The van der Waals surface area contributed by atoms with Gasteiger partial charge in [-0.1, -0.05) is 18.2 Å². The van der Waals surface area contributed by atoms with Crippen LogP contribution in [-0.2, 0) is 4.74 Å². The van der Waals surface area contributed by atoms with Crippen LogP contribution in [0.2, 0.25) is 0 Å². The number of rotatable bonds is 14. The van der Waals surface area contributed by atoms with Gasteiger partial charge in [0.1, 0.15) is 12.4 Å². The number of likely N-dealkylation sites (tertiary alicyclic amines) is 1. The summed E-state index contributed by atoms with van der Waals surface area (Å²) >= 11 is 0. The Balaban J connectivity index is 1.46. The number of ether oxygens (including phenoxy) is 1. The summed E-state index contributed by atoms with van der Waals surface area (Å²) in [4.78, 5) is 33.9. The number of aromatic nitrogens is 2. The fourth-order valence-corrected chi connectivity index (χ4v) is 5.61. The Kier molecular flexibility index (Phi) is 13.2. The van der Waals surface area contributed by atoms with Gasteiger partial charge in [0, 0.05) is 61.6 Å². The van der Waals surface area contributed by atoms with E-state index in [2.05, 4.69) is 20.5 Å². The number of nitrogens with one attached hydrogen (secondary N) is 2. The number of pyridine rings is 1. The molecule has 1 aliphatic rings. The molecule has 0 spiro atoms. The highest BCUT2D eigenvalue weighted by molar-refractivity contribution is 6.04. The molecule has 0 saturated carbocycles. The van der Waals surface area contributed by atoms with E-state index in [1.807, 2.05) is 56.3 Å². The molecule has 0 aliphatic carbocycles. The van der Waals surface area contributed by atoms with Crippen molar-refractivity contribution in [3.8, 4) is 0 Å². The van der Waals surface area contributed by atoms with Crippen LogP contribution in [0.1, 0.15) is 59.8 Å². The third-order valence-electron chi connectivity index (χ3n) is 7.94. The lowest BCUT2D eigenvalue weighted by atomic mass is 9.89. The van der Waals surface area contributed by atoms with Crippen molar-refractivity contribution in [1.29, 1.82) is 0 Å². The third kappa shape index (κ3) is 10.3. The number of carbonyl (C=O) groups is 2. The molecule has 4 rings (SSSR count). The minimum atomic E-state index is -2.57. The van der Waals surface area contributed by atoms with Gasteiger partial charge in [-0.3, -0.25) is 9.36 Å². The molecule has 1 unspecified atom stereocenters. The van der Waals surface area contributed by atoms with Crippen molar-refractivity contribution >= 4 is 35.6 Å². The van der Waals surface area contributed by atoms with Crippen molar-refractivity contribution in [1.82, 2.24) is 19.8 Å². The number of anilines is 2. The maximum Gasteiger partial charge on any atom is 0.325 e. The molecular formula is C35H44F2N6O4. The van der Waals surface area contributed by atoms with Crippen LogP contribution >= 0.6 is 0 Å². The first-order valence-electron chi connectivity index (χ1n) is 15.8. The van der Waals surface area contributed by atoms with E-state index in [0.717, 1.165) is 31.5 Å². The molecule has 12 heteroatoms. The largest absolute Gasteiger partial charge is 0.392 e. The molecule has 252 valence electrons. The number of nitrogens with zero attached hydrogens (tertiary/aromatic N) is 4. The lowest BCUT2D eigenvalue weighted by Crippen LogP contribution is -2.37. The first-order chi connectivity index (χ1) is 22.7. The van der Waals surface area contributed by atoms with Gasteiger partial charge >= 0.3 is 6.03 Å². The van der Waals surface area contributed by atoms with Crippen LogP contribution in [-0.4, -0.2) is 90.5 Å². The normalized spacial score (nSPS) is 15.0. The van der Waals surface area contributed by atoms with E-state index >= 15 is 0 Å². The standard InChI is InChI=1S/C35H44F2N6O4/c1-4-5-31-28(14-19-43(31)35(46)38-3)13-18-42(20-21-47-24-32(36)37)30-10-15-39-33(22-30)40-34(45)29-8-6-26(7-9-29)27-11-16-41(17-12-27)23-25(2)44/h4-10,13-15,18-19,22,25,27,32,44H,11-12,16-17,20-21,23-24H2,1-3H3,(H,38,46)(H,39,40,45)/b5-4-,18-13+. The maximum absolute atomic E-state index is 13.2.